The molecule has 1 aromatic heterocycles. The Bertz CT molecular complexity index is 1290. The highest BCUT2D eigenvalue weighted by Gasteiger charge is 2.16. The molecule has 0 unspecified atom stereocenters. The Labute approximate surface area is 202 Å². The van der Waals surface area contributed by atoms with Crippen LogP contribution >= 0.6 is 11.3 Å². The Balaban J connectivity index is 1.56. The minimum absolute atomic E-state index is 0.336. The molecule has 34 heavy (non-hydrogen) atoms. The first-order valence-corrected chi connectivity index (χ1v) is 11.7. The first-order chi connectivity index (χ1) is 16.4. The predicted molar refractivity (Wildman–Crippen MR) is 138 cm³/mol. The number of thiazole rings is 1. The Morgan fingerprint density at radius 2 is 1.68 bits per heavy atom. The van der Waals surface area contributed by atoms with E-state index in [0.29, 0.717) is 27.3 Å². The summed E-state index contributed by atoms with van der Waals surface area (Å²) in [6.45, 7) is 6.33. The quantitative estimate of drug-likeness (QED) is 0.223. The molecule has 1 amide bonds. The number of nitrogens with zero attached hydrogens (tertiary/aromatic N) is 2. The van der Waals surface area contributed by atoms with Gasteiger partial charge in [-0.25, -0.2) is 9.37 Å². The molecule has 0 aliphatic heterocycles. The van der Waals surface area contributed by atoms with Crippen molar-refractivity contribution >= 4 is 33.6 Å². The summed E-state index contributed by atoms with van der Waals surface area (Å²) in [6.07, 6.45) is 1.73. The van der Waals surface area contributed by atoms with E-state index < -0.39 is 5.82 Å². The number of hydrazone groups is 1. The third-order valence-corrected chi connectivity index (χ3v) is 6.14. The van der Waals surface area contributed by atoms with Crippen LogP contribution in [-0.2, 0) is 0 Å². The number of aromatic nitrogens is 1. The molecule has 3 aromatic carbocycles. The highest BCUT2D eigenvalue weighted by Crippen LogP contribution is 2.36. The second kappa shape index (κ2) is 10.4. The van der Waals surface area contributed by atoms with E-state index in [0.717, 1.165) is 16.7 Å². The van der Waals surface area contributed by atoms with E-state index in [4.69, 9.17) is 0 Å². The van der Waals surface area contributed by atoms with Gasteiger partial charge < -0.3 is 5.32 Å². The number of hydrogen-bond acceptors (Lipinski definition) is 5. The maximum atomic E-state index is 13.2. The van der Waals surface area contributed by atoms with Crippen molar-refractivity contribution in [2.45, 2.75) is 26.7 Å². The molecule has 0 aliphatic rings. The van der Waals surface area contributed by atoms with Crippen molar-refractivity contribution in [1.82, 2.24) is 4.98 Å². The van der Waals surface area contributed by atoms with Gasteiger partial charge in [0.15, 0.2) is 0 Å². The number of nitrogens with one attached hydrogen (secondary N) is 2. The lowest BCUT2D eigenvalue weighted by Gasteiger charge is -2.06. The van der Waals surface area contributed by atoms with E-state index in [9.17, 15) is 9.18 Å². The molecule has 172 valence electrons. The van der Waals surface area contributed by atoms with E-state index in [-0.39, 0.29) is 5.91 Å². The van der Waals surface area contributed by atoms with Crippen molar-refractivity contribution in [2.75, 3.05) is 10.7 Å². The van der Waals surface area contributed by atoms with E-state index in [1.807, 2.05) is 43.3 Å². The van der Waals surface area contributed by atoms with Crippen LogP contribution in [0.1, 0.15) is 46.8 Å². The second-order valence-electron chi connectivity index (χ2n) is 8.22. The van der Waals surface area contributed by atoms with Crippen molar-refractivity contribution in [1.29, 1.82) is 0 Å². The summed E-state index contributed by atoms with van der Waals surface area (Å²) in [5, 5.41) is 8.34. The zero-order valence-electron chi connectivity index (χ0n) is 19.2. The highest BCUT2D eigenvalue weighted by molar-refractivity contribution is 7.20. The summed E-state index contributed by atoms with van der Waals surface area (Å²) in [5.41, 5.74) is 8.21. The summed E-state index contributed by atoms with van der Waals surface area (Å²) >= 11 is 1.28. The average molecular weight is 473 g/mol. The maximum absolute atomic E-state index is 13.2. The molecule has 0 aliphatic carbocycles. The van der Waals surface area contributed by atoms with Crippen LogP contribution in [0.5, 0.6) is 0 Å². The number of amides is 1. The van der Waals surface area contributed by atoms with Crippen LogP contribution in [-0.4, -0.2) is 17.1 Å². The molecular formula is C27H25FN4OS. The molecule has 0 radical (unpaired) electrons. The van der Waals surface area contributed by atoms with Crippen molar-refractivity contribution in [3.63, 3.8) is 0 Å². The summed E-state index contributed by atoms with van der Waals surface area (Å²) in [6, 6.07) is 21.6. The number of anilines is 2. The van der Waals surface area contributed by atoms with Crippen molar-refractivity contribution in [2.24, 2.45) is 5.10 Å². The Kier molecular flexibility index (Phi) is 7.13. The normalized spacial score (nSPS) is 11.2. The summed E-state index contributed by atoms with van der Waals surface area (Å²) in [7, 11) is 0. The fraction of sp³-hybridized carbons (Fsp3) is 0.148. The van der Waals surface area contributed by atoms with Crippen LogP contribution in [0.15, 0.2) is 77.9 Å². The molecule has 4 rings (SSSR count). The lowest BCUT2D eigenvalue weighted by Crippen LogP contribution is -2.11. The fourth-order valence-corrected chi connectivity index (χ4v) is 4.10. The van der Waals surface area contributed by atoms with Crippen LogP contribution in [0.4, 0.5) is 14.5 Å². The third kappa shape index (κ3) is 5.74. The van der Waals surface area contributed by atoms with Gasteiger partial charge in [-0.3, -0.25) is 10.2 Å². The Hall–Kier alpha value is -3.84. The molecule has 1 heterocycles. The van der Waals surface area contributed by atoms with Gasteiger partial charge in [-0.05, 0) is 48.2 Å². The van der Waals surface area contributed by atoms with Crippen molar-refractivity contribution in [3.05, 3.63) is 101 Å². The third-order valence-electron chi connectivity index (χ3n) is 5.26. The average Bonchev–Trinajstić information content (AvgIpc) is 3.22. The number of carbonyl (C=O) groups is 1. The summed E-state index contributed by atoms with van der Waals surface area (Å²) < 4.78 is 13.2. The molecule has 0 spiro atoms. The first-order valence-electron chi connectivity index (χ1n) is 10.9. The largest absolute Gasteiger partial charge is 0.312 e. The molecule has 0 saturated heterocycles. The number of rotatable bonds is 7. The molecule has 4 aromatic rings. The molecule has 2 N–H and O–H groups in total. The molecular weight excluding hydrogens is 447 g/mol. The smallest absolute Gasteiger partial charge is 0.256 e. The summed E-state index contributed by atoms with van der Waals surface area (Å²) in [5.74, 6) is -0.252. The SMILES string of the molecule is Cc1ccc(-c2nc(N/N=C\c3ccc(C(C)C)cc3)sc2NC(=O)c2ccc(F)cc2)cc1. The van der Waals surface area contributed by atoms with Crippen molar-refractivity contribution < 1.29 is 9.18 Å². The minimum Gasteiger partial charge on any atom is -0.312 e. The van der Waals surface area contributed by atoms with Crippen molar-refractivity contribution in [3.8, 4) is 11.3 Å². The van der Waals surface area contributed by atoms with E-state index in [1.54, 1.807) is 6.21 Å². The first kappa shape index (κ1) is 23.3. The fourth-order valence-electron chi connectivity index (χ4n) is 3.27. The Morgan fingerprint density at radius 3 is 2.32 bits per heavy atom. The van der Waals surface area contributed by atoms with Crippen LogP contribution in [0, 0.1) is 12.7 Å². The maximum Gasteiger partial charge on any atom is 0.256 e. The van der Waals surface area contributed by atoms with Crippen LogP contribution in [0.3, 0.4) is 0 Å². The molecule has 0 bridgehead atoms. The van der Waals surface area contributed by atoms with E-state index in [1.165, 1.54) is 41.2 Å². The van der Waals surface area contributed by atoms with Gasteiger partial charge in [0, 0.05) is 11.1 Å². The number of benzene rings is 3. The molecule has 7 heteroatoms. The van der Waals surface area contributed by atoms with Gasteiger partial charge in [0.1, 0.15) is 16.5 Å². The number of hydrogen-bond donors (Lipinski definition) is 2. The molecule has 0 fully saturated rings. The lowest BCUT2D eigenvalue weighted by molar-refractivity contribution is 0.102. The van der Waals surface area contributed by atoms with Gasteiger partial charge in [0.25, 0.3) is 5.91 Å². The standard InChI is InChI=1S/C27H25FN4OS/c1-17(2)20-10-6-19(7-11-20)16-29-32-27-30-24(21-8-4-18(3)5-9-21)26(34-27)31-25(33)22-12-14-23(28)15-13-22/h4-17H,1-3H3,(H,30,32)(H,31,33)/b29-16-. The molecule has 5 nitrogen and oxygen atoms in total. The number of halogens is 1. The van der Waals surface area contributed by atoms with Crippen LogP contribution < -0.4 is 10.7 Å². The second-order valence-corrected chi connectivity index (χ2v) is 9.21. The topological polar surface area (TPSA) is 66.4 Å². The van der Waals surface area contributed by atoms with E-state index in [2.05, 4.69) is 46.8 Å². The predicted octanol–water partition coefficient (Wildman–Crippen LogP) is 7.08. The van der Waals surface area contributed by atoms with Gasteiger partial charge in [-0.1, -0.05) is 79.3 Å². The zero-order chi connectivity index (χ0) is 24.1. The van der Waals surface area contributed by atoms with Gasteiger partial charge in [0.2, 0.25) is 5.13 Å². The van der Waals surface area contributed by atoms with Gasteiger partial charge in [-0.2, -0.15) is 5.10 Å². The Morgan fingerprint density at radius 1 is 1.00 bits per heavy atom. The van der Waals surface area contributed by atoms with Crippen LogP contribution in [0.25, 0.3) is 11.3 Å². The zero-order valence-corrected chi connectivity index (χ0v) is 20.0. The monoisotopic (exact) mass is 472 g/mol. The van der Waals surface area contributed by atoms with Gasteiger partial charge in [0.05, 0.1) is 6.21 Å². The minimum atomic E-state index is -0.391. The van der Waals surface area contributed by atoms with Gasteiger partial charge >= 0.3 is 0 Å². The summed E-state index contributed by atoms with van der Waals surface area (Å²) in [4.78, 5) is 17.4. The van der Waals surface area contributed by atoms with Gasteiger partial charge in [-0.15, -0.1) is 0 Å². The molecule has 0 atom stereocenters. The number of aryl methyl sites for hydroxylation is 1. The van der Waals surface area contributed by atoms with Crippen LogP contribution in [0.2, 0.25) is 0 Å². The van der Waals surface area contributed by atoms with E-state index >= 15 is 0 Å². The molecule has 0 saturated carbocycles. The lowest BCUT2D eigenvalue weighted by atomic mass is 10.0. The number of carbonyl (C=O) groups excluding carboxylic acids is 1. The highest BCUT2D eigenvalue weighted by atomic mass is 32.1.